The fraction of sp³-hybridized carbons (Fsp3) is 0.250. The van der Waals surface area contributed by atoms with Crippen LogP contribution in [0.2, 0.25) is 0 Å². The zero-order valence-electron chi connectivity index (χ0n) is 11.6. The van der Waals surface area contributed by atoms with Gasteiger partial charge in [-0.15, -0.1) is 0 Å². The average molecular weight is 308 g/mol. The predicted octanol–water partition coefficient (Wildman–Crippen LogP) is 3.43. The second-order valence-corrected chi connectivity index (χ2v) is 5.24. The number of aromatic hydroxyl groups is 1. The number of phenolic OH excluding ortho intramolecular Hbond substituents is 1. The van der Waals surface area contributed by atoms with Crippen LogP contribution in [0.4, 0.5) is 18.9 Å². The van der Waals surface area contributed by atoms with Crippen LogP contribution in [-0.2, 0) is 12.7 Å². The number of para-hydroxylation sites is 2. The zero-order chi connectivity index (χ0) is 15.9. The molecule has 0 fully saturated rings. The lowest BCUT2D eigenvalue weighted by molar-refractivity contribution is -0.138. The van der Waals surface area contributed by atoms with E-state index in [1.54, 1.807) is 29.2 Å². The van der Waals surface area contributed by atoms with Crippen molar-refractivity contribution in [3.63, 3.8) is 0 Å². The number of phenols is 1. The Morgan fingerprint density at radius 3 is 2.50 bits per heavy atom. The molecule has 0 amide bonds. The number of hydrogen-bond donors (Lipinski definition) is 2. The molecule has 1 aliphatic rings. The number of halogens is 3. The first kappa shape index (κ1) is 14.7. The Kier molecular flexibility index (Phi) is 3.48. The van der Waals surface area contributed by atoms with Crippen LogP contribution in [0.3, 0.4) is 0 Å². The third-order valence-electron chi connectivity index (χ3n) is 4.00. The van der Waals surface area contributed by atoms with E-state index in [1.165, 1.54) is 12.1 Å². The first-order chi connectivity index (χ1) is 10.4. The molecule has 2 aromatic rings. The molecule has 0 bridgehead atoms. The van der Waals surface area contributed by atoms with Gasteiger partial charge in [0, 0.05) is 13.1 Å². The van der Waals surface area contributed by atoms with Crippen LogP contribution in [0, 0.1) is 0 Å². The Bertz CT molecular complexity index is 700. The molecule has 1 atom stereocenters. The highest BCUT2D eigenvalue weighted by Gasteiger charge is 2.40. The molecular weight excluding hydrogens is 293 g/mol. The van der Waals surface area contributed by atoms with Gasteiger partial charge in [-0.2, -0.15) is 13.2 Å². The van der Waals surface area contributed by atoms with Crippen LogP contribution in [0.1, 0.15) is 22.7 Å². The molecule has 22 heavy (non-hydrogen) atoms. The van der Waals surface area contributed by atoms with Crippen molar-refractivity contribution < 1.29 is 18.3 Å². The summed E-state index contributed by atoms with van der Waals surface area (Å²) in [5, 5.41) is 9.99. The molecule has 6 heteroatoms. The topological polar surface area (TPSA) is 49.5 Å². The Labute approximate surface area is 125 Å². The van der Waals surface area contributed by atoms with E-state index in [-0.39, 0.29) is 30.4 Å². The molecule has 0 saturated carbocycles. The molecule has 3 N–H and O–H groups in total. The van der Waals surface area contributed by atoms with Crippen molar-refractivity contribution in [1.29, 1.82) is 0 Å². The highest BCUT2D eigenvalue weighted by molar-refractivity contribution is 5.63. The third-order valence-corrected chi connectivity index (χ3v) is 4.00. The van der Waals surface area contributed by atoms with Gasteiger partial charge < -0.3 is 15.7 Å². The van der Waals surface area contributed by atoms with Crippen LogP contribution >= 0.6 is 0 Å². The minimum atomic E-state index is -4.40. The lowest BCUT2D eigenvalue weighted by Crippen LogP contribution is -2.27. The molecule has 116 valence electrons. The summed E-state index contributed by atoms with van der Waals surface area (Å²) in [6.45, 7) is 0.243. The fourth-order valence-electron chi connectivity index (χ4n) is 3.02. The molecule has 3 nitrogen and oxygen atoms in total. The summed E-state index contributed by atoms with van der Waals surface area (Å²) in [5.74, 6) is 0.0299. The molecule has 1 heterocycles. The number of anilines is 1. The summed E-state index contributed by atoms with van der Waals surface area (Å²) in [6.07, 6.45) is -4.40. The molecule has 2 aromatic carbocycles. The van der Waals surface area contributed by atoms with E-state index in [2.05, 4.69) is 0 Å². The number of fused-ring (bicyclic) bond motifs is 1. The van der Waals surface area contributed by atoms with Crippen LogP contribution in [0.5, 0.6) is 5.75 Å². The van der Waals surface area contributed by atoms with Crippen molar-refractivity contribution in [2.75, 3.05) is 11.4 Å². The van der Waals surface area contributed by atoms with Crippen molar-refractivity contribution in [2.24, 2.45) is 5.73 Å². The molecular formula is C16H15F3N2O. The van der Waals surface area contributed by atoms with E-state index in [0.29, 0.717) is 11.3 Å². The summed E-state index contributed by atoms with van der Waals surface area (Å²) < 4.78 is 39.6. The molecule has 0 saturated heterocycles. The van der Waals surface area contributed by atoms with Gasteiger partial charge >= 0.3 is 6.18 Å². The molecule has 3 rings (SSSR count). The quantitative estimate of drug-likeness (QED) is 0.893. The first-order valence-corrected chi connectivity index (χ1v) is 6.87. The van der Waals surface area contributed by atoms with E-state index < -0.39 is 11.7 Å². The minimum absolute atomic E-state index is 0.0299. The zero-order valence-corrected chi connectivity index (χ0v) is 11.6. The van der Waals surface area contributed by atoms with Gasteiger partial charge in [0.15, 0.2) is 0 Å². The standard InChI is InChI=1S/C16H15F3N2O/c17-16(18,19)12-5-3-4-10-11(12)9-21(14(10)8-20)13-6-1-2-7-15(13)22/h1-7,14,22H,8-9,20H2. The number of rotatable bonds is 2. The lowest BCUT2D eigenvalue weighted by Gasteiger charge is -2.26. The SMILES string of the molecule is NCC1c2cccc(C(F)(F)F)c2CN1c1ccccc1O. The summed E-state index contributed by atoms with van der Waals surface area (Å²) in [6, 6.07) is 10.4. The number of nitrogens with zero attached hydrogens (tertiary/aromatic N) is 1. The minimum Gasteiger partial charge on any atom is -0.506 e. The molecule has 1 aliphatic heterocycles. The van der Waals surface area contributed by atoms with E-state index in [9.17, 15) is 18.3 Å². The summed E-state index contributed by atoms with van der Waals surface area (Å²) >= 11 is 0. The lowest BCUT2D eigenvalue weighted by atomic mass is 9.99. The van der Waals surface area contributed by atoms with E-state index >= 15 is 0 Å². The van der Waals surface area contributed by atoms with Gasteiger partial charge in [0.2, 0.25) is 0 Å². The van der Waals surface area contributed by atoms with Crippen LogP contribution in [0.25, 0.3) is 0 Å². The number of alkyl halides is 3. The van der Waals surface area contributed by atoms with E-state index in [0.717, 1.165) is 6.07 Å². The summed E-state index contributed by atoms with van der Waals surface area (Å²) in [4.78, 5) is 1.72. The molecule has 0 aliphatic carbocycles. The maximum Gasteiger partial charge on any atom is 0.416 e. The monoisotopic (exact) mass is 308 g/mol. The molecule has 0 spiro atoms. The van der Waals surface area contributed by atoms with Gasteiger partial charge in [-0.05, 0) is 29.3 Å². The van der Waals surface area contributed by atoms with Gasteiger partial charge in [0.05, 0.1) is 17.3 Å². The maximum atomic E-state index is 13.2. The van der Waals surface area contributed by atoms with Crippen LogP contribution < -0.4 is 10.6 Å². The molecule has 0 radical (unpaired) electrons. The van der Waals surface area contributed by atoms with Crippen LogP contribution in [0.15, 0.2) is 42.5 Å². The van der Waals surface area contributed by atoms with Crippen molar-refractivity contribution in [3.8, 4) is 5.75 Å². The number of nitrogens with two attached hydrogens (primary N) is 1. The number of hydrogen-bond acceptors (Lipinski definition) is 3. The van der Waals surface area contributed by atoms with Gasteiger partial charge in [-0.25, -0.2) is 0 Å². The largest absolute Gasteiger partial charge is 0.506 e. The van der Waals surface area contributed by atoms with Crippen molar-refractivity contribution in [2.45, 2.75) is 18.8 Å². The Morgan fingerprint density at radius 1 is 1.14 bits per heavy atom. The highest BCUT2D eigenvalue weighted by Crippen LogP contribution is 2.44. The normalized spacial score (nSPS) is 17.6. The summed E-state index contributed by atoms with van der Waals surface area (Å²) in [7, 11) is 0. The smallest absolute Gasteiger partial charge is 0.416 e. The van der Waals surface area contributed by atoms with Gasteiger partial charge in [0.25, 0.3) is 0 Å². The summed E-state index contributed by atoms with van der Waals surface area (Å²) in [5.41, 5.74) is 6.43. The highest BCUT2D eigenvalue weighted by atomic mass is 19.4. The Hall–Kier alpha value is -2.21. The predicted molar refractivity (Wildman–Crippen MR) is 77.5 cm³/mol. The van der Waals surface area contributed by atoms with E-state index in [4.69, 9.17) is 5.73 Å². The maximum absolute atomic E-state index is 13.2. The average Bonchev–Trinajstić information content (AvgIpc) is 2.84. The van der Waals surface area contributed by atoms with Crippen molar-refractivity contribution in [1.82, 2.24) is 0 Å². The third kappa shape index (κ3) is 2.29. The second kappa shape index (κ2) is 5.21. The van der Waals surface area contributed by atoms with E-state index in [1.807, 2.05) is 0 Å². The number of benzene rings is 2. The Morgan fingerprint density at radius 2 is 1.86 bits per heavy atom. The second-order valence-electron chi connectivity index (χ2n) is 5.24. The molecule has 1 unspecified atom stereocenters. The Balaban J connectivity index is 2.10. The van der Waals surface area contributed by atoms with Crippen LogP contribution in [-0.4, -0.2) is 11.7 Å². The van der Waals surface area contributed by atoms with Crippen molar-refractivity contribution in [3.05, 3.63) is 59.2 Å². The first-order valence-electron chi connectivity index (χ1n) is 6.87. The van der Waals surface area contributed by atoms with Gasteiger partial charge in [0.1, 0.15) is 5.75 Å². The van der Waals surface area contributed by atoms with Crippen molar-refractivity contribution >= 4 is 5.69 Å². The fourth-order valence-corrected chi connectivity index (χ4v) is 3.02. The van der Waals surface area contributed by atoms with Gasteiger partial charge in [-0.3, -0.25) is 0 Å². The van der Waals surface area contributed by atoms with Gasteiger partial charge in [-0.1, -0.05) is 24.3 Å². The molecule has 0 aromatic heterocycles.